The maximum Gasteiger partial charge on any atom is 0.0156 e. The van der Waals surface area contributed by atoms with Crippen LogP contribution >= 0.6 is 0 Å². The van der Waals surface area contributed by atoms with Crippen LogP contribution in [0.5, 0.6) is 0 Å². The average molecular weight is 611 g/mol. The van der Waals surface area contributed by atoms with Gasteiger partial charge in [0, 0.05) is 5.41 Å². The molecule has 0 N–H and O–H groups in total. The fourth-order valence-corrected chi connectivity index (χ4v) is 9.57. The molecule has 0 saturated heterocycles. The van der Waals surface area contributed by atoms with Crippen LogP contribution in [0.1, 0.15) is 48.9 Å². The molecule has 0 saturated carbocycles. The number of hydrogen-bond donors (Lipinski definition) is 0. The predicted octanol–water partition coefficient (Wildman–Crippen LogP) is 12.1. The molecular formula is C48H34. The molecule has 48 heavy (non-hydrogen) atoms. The third-order valence-electron chi connectivity index (χ3n) is 11.9. The van der Waals surface area contributed by atoms with Gasteiger partial charge in [0.1, 0.15) is 0 Å². The van der Waals surface area contributed by atoms with E-state index in [1.165, 1.54) is 109 Å². The Morgan fingerprint density at radius 2 is 1.25 bits per heavy atom. The van der Waals surface area contributed by atoms with Gasteiger partial charge in [0.05, 0.1) is 0 Å². The summed E-state index contributed by atoms with van der Waals surface area (Å²) in [6.07, 6.45) is 12.9. The van der Waals surface area contributed by atoms with E-state index in [0.717, 1.165) is 19.3 Å². The lowest BCUT2D eigenvalue weighted by atomic mass is 9.79. The summed E-state index contributed by atoms with van der Waals surface area (Å²) in [5.74, 6) is 0. The van der Waals surface area contributed by atoms with Crippen molar-refractivity contribution in [2.75, 3.05) is 0 Å². The number of aryl methyl sites for hydroxylation is 1. The van der Waals surface area contributed by atoms with E-state index >= 15 is 0 Å². The van der Waals surface area contributed by atoms with Crippen molar-refractivity contribution in [1.29, 1.82) is 0 Å². The Labute approximate surface area is 280 Å². The van der Waals surface area contributed by atoms with Gasteiger partial charge in [-0.3, -0.25) is 0 Å². The lowest BCUT2D eigenvalue weighted by molar-refractivity contribution is 0.654. The van der Waals surface area contributed by atoms with Crippen LogP contribution in [0, 0.1) is 0 Å². The zero-order valence-electron chi connectivity index (χ0n) is 27.3. The third-order valence-corrected chi connectivity index (χ3v) is 11.9. The van der Waals surface area contributed by atoms with E-state index in [1.807, 2.05) is 0 Å². The monoisotopic (exact) mass is 610 g/mol. The molecule has 0 radical (unpaired) electrons. The van der Waals surface area contributed by atoms with Gasteiger partial charge in [-0.1, -0.05) is 135 Å². The maximum atomic E-state index is 2.51. The molecule has 0 atom stereocenters. The van der Waals surface area contributed by atoms with Gasteiger partial charge in [0.15, 0.2) is 0 Å². The zero-order chi connectivity index (χ0) is 31.7. The van der Waals surface area contributed by atoms with Crippen LogP contribution < -0.4 is 5.22 Å². The summed E-state index contributed by atoms with van der Waals surface area (Å²) in [5.41, 5.74) is 12.4. The topological polar surface area (TPSA) is 0 Å². The second-order valence-corrected chi connectivity index (χ2v) is 14.7. The molecule has 3 aliphatic rings. The van der Waals surface area contributed by atoms with Gasteiger partial charge in [-0.05, 0) is 141 Å². The molecule has 0 amide bonds. The lowest BCUT2D eigenvalue weighted by Crippen LogP contribution is -2.16. The van der Waals surface area contributed by atoms with Crippen molar-refractivity contribution in [2.24, 2.45) is 0 Å². The van der Waals surface area contributed by atoms with E-state index in [4.69, 9.17) is 0 Å². The molecule has 3 aliphatic carbocycles. The van der Waals surface area contributed by atoms with Crippen molar-refractivity contribution >= 4 is 71.1 Å². The molecule has 0 heterocycles. The summed E-state index contributed by atoms with van der Waals surface area (Å²) < 4.78 is 0. The lowest BCUT2D eigenvalue weighted by Gasteiger charge is -2.25. The Morgan fingerprint density at radius 1 is 0.583 bits per heavy atom. The number of hydrogen-bond acceptors (Lipinski definition) is 0. The summed E-state index contributed by atoms with van der Waals surface area (Å²) >= 11 is 0. The van der Waals surface area contributed by atoms with E-state index in [-0.39, 0.29) is 5.41 Å². The minimum absolute atomic E-state index is 0.110. The smallest absolute Gasteiger partial charge is 0.0156 e. The standard InChI is InChI=1S/C48H34/c1-48(2)42-26-34(36-21-16-32-14-12-28-6-3-8-30-18-24-40(36)46(32)44(28)30)10-5-11-38(42)39-23-20-35(27-43(39)48)37-22-17-33-15-13-29-7-4-9-31-19-25-41(37)47(33)45(29)31/h3,5-6,8-10,12-27H,4,7,11H2,1-2H3. The van der Waals surface area contributed by atoms with Crippen LogP contribution in [0.4, 0.5) is 0 Å². The first-order valence-corrected chi connectivity index (χ1v) is 17.5. The van der Waals surface area contributed by atoms with Gasteiger partial charge < -0.3 is 0 Å². The van der Waals surface area contributed by atoms with Crippen LogP contribution in [0.15, 0.2) is 133 Å². The summed E-state index contributed by atoms with van der Waals surface area (Å²) in [6, 6.07) is 41.9. The van der Waals surface area contributed by atoms with Crippen LogP contribution in [0.3, 0.4) is 0 Å². The SMILES string of the molecule is CC1(C)C2=C(CC=CC(c3ccc4ccc5cccc6ccc3c4c56)=C2)c2ccc(-c3ccc4ccc5c6c(ccc3c46)=CCC5)cc21. The van der Waals surface area contributed by atoms with Gasteiger partial charge in [0.25, 0.3) is 0 Å². The Kier molecular flexibility index (Phi) is 5.17. The first-order valence-electron chi connectivity index (χ1n) is 17.5. The second-order valence-electron chi connectivity index (χ2n) is 14.7. The minimum atomic E-state index is -0.110. The molecule has 0 bridgehead atoms. The van der Waals surface area contributed by atoms with E-state index in [0.29, 0.717) is 0 Å². The normalized spacial score (nSPS) is 16.6. The van der Waals surface area contributed by atoms with Crippen LogP contribution in [0.2, 0.25) is 0 Å². The number of fused-ring (bicyclic) bond motifs is 2. The quantitative estimate of drug-likeness (QED) is 0.171. The minimum Gasteiger partial charge on any atom is -0.0795 e. The summed E-state index contributed by atoms with van der Waals surface area (Å²) in [6.45, 7) is 4.86. The number of allylic oxidation sites excluding steroid dienone is 6. The van der Waals surface area contributed by atoms with E-state index in [2.05, 4.69) is 147 Å². The van der Waals surface area contributed by atoms with E-state index < -0.39 is 0 Å². The fourth-order valence-electron chi connectivity index (χ4n) is 9.57. The molecule has 0 unspecified atom stereocenters. The third kappa shape index (κ3) is 3.45. The van der Waals surface area contributed by atoms with Gasteiger partial charge >= 0.3 is 0 Å². The highest BCUT2D eigenvalue weighted by atomic mass is 14.4. The maximum absolute atomic E-state index is 2.51. The van der Waals surface area contributed by atoms with Crippen LogP contribution in [-0.2, 0) is 11.8 Å². The molecule has 8 aromatic rings. The Balaban J connectivity index is 1.06. The fraction of sp³-hybridized carbons (Fsp3) is 0.125. The molecule has 0 nitrogen and oxygen atoms in total. The number of rotatable bonds is 2. The zero-order valence-corrected chi connectivity index (χ0v) is 27.3. The van der Waals surface area contributed by atoms with Crippen molar-refractivity contribution in [1.82, 2.24) is 0 Å². The highest BCUT2D eigenvalue weighted by Gasteiger charge is 2.37. The van der Waals surface area contributed by atoms with Crippen LogP contribution in [-0.4, -0.2) is 0 Å². The Morgan fingerprint density at radius 3 is 2.10 bits per heavy atom. The van der Waals surface area contributed by atoms with Crippen molar-refractivity contribution in [2.45, 2.75) is 38.5 Å². The summed E-state index contributed by atoms with van der Waals surface area (Å²) in [4.78, 5) is 0. The second kappa shape index (κ2) is 9.33. The molecule has 0 aliphatic heterocycles. The first-order chi connectivity index (χ1) is 23.5. The molecule has 0 aromatic heterocycles. The summed E-state index contributed by atoms with van der Waals surface area (Å²) in [7, 11) is 0. The van der Waals surface area contributed by atoms with Gasteiger partial charge in [0.2, 0.25) is 0 Å². The number of benzene rings is 8. The molecule has 0 heteroatoms. The highest BCUT2D eigenvalue weighted by molar-refractivity contribution is 6.25. The van der Waals surface area contributed by atoms with Crippen molar-refractivity contribution < 1.29 is 0 Å². The van der Waals surface area contributed by atoms with E-state index in [1.54, 1.807) is 0 Å². The van der Waals surface area contributed by atoms with Gasteiger partial charge in [-0.2, -0.15) is 0 Å². The molecule has 8 aromatic carbocycles. The molecule has 226 valence electrons. The van der Waals surface area contributed by atoms with Crippen LogP contribution in [0.25, 0.3) is 82.2 Å². The van der Waals surface area contributed by atoms with Gasteiger partial charge in [-0.25, -0.2) is 0 Å². The van der Waals surface area contributed by atoms with Crippen molar-refractivity contribution in [3.63, 3.8) is 0 Å². The van der Waals surface area contributed by atoms with Crippen molar-refractivity contribution in [3.8, 4) is 11.1 Å². The predicted molar refractivity (Wildman–Crippen MR) is 207 cm³/mol. The average Bonchev–Trinajstić information content (AvgIpc) is 3.24. The first kappa shape index (κ1) is 26.6. The summed E-state index contributed by atoms with van der Waals surface area (Å²) in [5, 5.41) is 15.0. The van der Waals surface area contributed by atoms with E-state index in [9.17, 15) is 0 Å². The molecule has 11 rings (SSSR count). The largest absolute Gasteiger partial charge is 0.0795 e. The molecular weight excluding hydrogens is 577 g/mol. The molecule has 0 spiro atoms. The Bertz CT molecular complexity index is 2850. The highest BCUT2D eigenvalue weighted by Crippen LogP contribution is 2.52. The molecule has 0 fully saturated rings. The Hall–Kier alpha value is -5.46. The van der Waals surface area contributed by atoms with Crippen molar-refractivity contribution in [3.05, 3.63) is 160 Å². The van der Waals surface area contributed by atoms with Gasteiger partial charge in [-0.15, -0.1) is 0 Å².